The number of rotatable bonds is 19. The Hall–Kier alpha value is -3.68. The first-order chi connectivity index (χ1) is 20.4. The number of ether oxygens (including phenoxy) is 1. The molecule has 8 nitrogen and oxygen atoms in total. The van der Waals surface area contributed by atoms with Gasteiger partial charge in [0.05, 0.1) is 23.6 Å². The second kappa shape index (κ2) is 17.3. The van der Waals surface area contributed by atoms with Gasteiger partial charge in [0.25, 0.3) is 17.4 Å². The molecule has 8 heteroatoms. The van der Waals surface area contributed by atoms with E-state index in [1.807, 2.05) is 0 Å². The van der Waals surface area contributed by atoms with Crippen molar-refractivity contribution < 1.29 is 24.4 Å². The third-order valence-corrected chi connectivity index (χ3v) is 8.08. The van der Waals surface area contributed by atoms with Crippen molar-refractivity contribution in [2.24, 2.45) is 0 Å². The summed E-state index contributed by atoms with van der Waals surface area (Å²) < 4.78 is 5.27. The lowest BCUT2D eigenvalue weighted by atomic mass is 9.95. The second-order valence-corrected chi connectivity index (χ2v) is 11.2. The van der Waals surface area contributed by atoms with Crippen LogP contribution in [0.25, 0.3) is 5.76 Å². The Kier molecular flexibility index (Phi) is 13.5. The summed E-state index contributed by atoms with van der Waals surface area (Å²) in [6, 6.07) is 11.6. The number of hydrogen-bond donors (Lipinski definition) is 1. The molecule has 228 valence electrons. The van der Waals surface area contributed by atoms with Gasteiger partial charge in [-0.2, -0.15) is 0 Å². The van der Waals surface area contributed by atoms with Crippen molar-refractivity contribution in [3.8, 4) is 5.75 Å². The molecular formula is C34H46N2O6. The molecule has 0 spiro atoms. The minimum absolute atomic E-state index is 0.00983. The van der Waals surface area contributed by atoms with Gasteiger partial charge in [-0.05, 0) is 36.2 Å². The molecule has 0 aromatic heterocycles. The van der Waals surface area contributed by atoms with Crippen LogP contribution in [0.1, 0.15) is 114 Å². The number of nitro groups is 1. The Labute approximate surface area is 249 Å². The van der Waals surface area contributed by atoms with E-state index in [2.05, 4.69) is 6.92 Å². The monoisotopic (exact) mass is 578 g/mol. The van der Waals surface area contributed by atoms with Crippen LogP contribution in [0, 0.1) is 10.1 Å². The smallest absolute Gasteiger partial charge is 0.295 e. The van der Waals surface area contributed by atoms with Crippen molar-refractivity contribution in [3.63, 3.8) is 0 Å². The number of amides is 1. The molecule has 0 bridgehead atoms. The molecule has 1 N–H and O–H groups in total. The van der Waals surface area contributed by atoms with Gasteiger partial charge in [-0.1, -0.05) is 103 Å². The zero-order chi connectivity index (χ0) is 30.3. The Bertz CT molecular complexity index is 1190. The van der Waals surface area contributed by atoms with Crippen molar-refractivity contribution in [1.82, 2.24) is 4.90 Å². The first-order valence-corrected chi connectivity index (χ1v) is 15.6. The van der Waals surface area contributed by atoms with Gasteiger partial charge < -0.3 is 14.7 Å². The molecule has 0 unspecified atom stereocenters. The van der Waals surface area contributed by atoms with Crippen LogP contribution in [0.15, 0.2) is 54.1 Å². The third-order valence-electron chi connectivity index (χ3n) is 8.08. The molecule has 1 heterocycles. The van der Waals surface area contributed by atoms with E-state index < -0.39 is 22.7 Å². The molecule has 1 atom stereocenters. The third kappa shape index (κ3) is 9.16. The van der Waals surface area contributed by atoms with Gasteiger partial charge in [0, 0.05) is 24.2 Å². The average molecular weight is 579 g/mol. The van der Waals surface area contributed by atoms with Crippen molar-refractivity contribution >= 4 is 23.1 Å². The lowest BCUT2D eigenvalue weighted by Crippen LogP contribution is -2.30. The summed E-state index contributed by atoms with van der Waals surface area (Å²) in [6.07, 6.45) is 17.2. The molecule has 1 aliphatic heterocycles. The molecule has 2 aromatic rings. The molecule has 0 saturated carbocycles. The molecule has 1 fully saturated rings. The number of carbonyl (C=O) groups is 2. The van der Waals surface area contributed by atoms with E-state index in [1.165, 1.54) is 88.5 Å². The Morgan fingerprint density at radius 3 is 1.79 bits per heavy atom. The summed E-state index contributed by atoms with van der Waals surface area (Å²) in [6.45, 7) is 2.65. The molecule has 42 heavy (non-hydrogen) atoms. The van der Waals surface area contributed by atoms with Gasteiger partial charge in [-0.25, -0.2) is 0 Å². The van der Waals surface area contributed by atoms with Crippen molar-refractivity contribution in [2.45, 2.75) is 103 Å². The van der Waals surface area contributed by atoms with E-state index in [1.54, 1.807) is 36.3 Å². The predicted molar refractivity (Wildman–Crippen MR) is 165 cm³/mol. The number of nitrogens with zero attached hydrogens (tertiary/aromatic N) is 2. The maximum absolute atomic E-state index is 13.2. The number of non-ortho nitro benzene ring substituents is 1. The van der Waals surface area contributed by atoms with Crippen molar-refractivity contribution in [3.05, 3.63) is 75.3 Å². The van der Waals surface area contributed by atoms with Crippen LogP contribution < -0.4 is 4.74 Å². The fourth-order valence-corrected chi connectivity index (χ4v) is 5.62. The molecule has 1 amide bonds. The largest absolute Gasteiger partial charge is 0.507 e. The number of unbranched alkanes of at least 4 members (excludes halogenated alkanes) is 13. The minimum atomic E-state index is -0.756. The highest BCUT2D eigenvalue weighted by Crippen LogP contribution is 2.40. The fraction of sp³-hybridized carbons (Fsp3) is 0.529. The number of nitro benzene ring substituents is 1. The first-order valence-electron chi connectivity index (χ1n) is 15.6. The minimum Gasteiger partial charge on any atom is -0.507 e. The van der Waals surface area contributed by atoms with Gasteiger partial charge in [0.15, 0.2) is 0 Å². The maximum atomic E-state index is 13.2. The fourth-order valence-electron chi connectivity index (χ4n) is 5.62. The van der Waals surface area contributed by atoms with Crippen LogP contribution in [0.5, 0.6) is 5.75 Å². The number of aliphatic hydroxyl groups excluding tert-OH is 1. The number of ketones is 1. The number of hydrogen-bond acceptors (Lipinski definition) is 6. The SMILES string of the molecule is CCCCCCCCCCCCCCCCN1C(=O)C(=O)/C(=C(/O)c2ccc([N+](=O)[O-])cc2)[C@@H]1c1ccc(OC)cc1. The number of carbonyl (C=O) groups excluding carboxylic acids is 2. The van der Waals surface area contributed by atoms with E-state index in [-0.39, 0.29) is 22.6 Å². The van der Waals surface area contributed by atoms with Gasteiger partial charge in [0.2, 0.25) is 0 Å². The molecular weight excluding hydrogens is 532 g/mol. The number of Topliss-reactive ketones (excluding diaryl/α,β-unsaturated/α-hetero) is 1. The van der Waals surface area contributed by atoms with Crippen LogP contribution in [-0.2, 0) is 9.59 Å². The van der Waals surface area contributed by atoms with Crippen LogP contribution in [-0.4, -0.2) is 40.3 Å². The van der Waals surface area contributed by atoms with Crippen molar-refractivity contribution in [1.29, 1.82) is 0 Å². The predicted octanol–water partition coefficient (Wildman–Crippen LogP) is 8.51. The highest BCUT2D eigenvalue weighted by molar-refractivity contribution is 6.46. The lowest BCUT2D eigenvalue weighted by Gasteiger charge is -2.25. The lowest BCUT2D eigenvalue weighted by molar-refractivity contribution is -0.384. The molecule has 1 saturated heterocycles. The van der Waals surface area contributed by atoms with E-state index in [0.717, 1.165) is 25.7 Å². The number of likely N-dealkylation sites (tertiary alicyclic amines) is 1. The summed E-state index contributed by atoms with van der Waals surface area (Å²) in [5.41, 5.74) is 0.790. The van der Waals surface area contributed by atoms with E-state index in [9.17, 15) is 24.8 Å². The van der Waals surface area contributed by atoms with Crippen LogP contribution in [0.2, 0.25) is 0 Å². The average Bonchev–Trinajstić information content (AvgIpc) is 3.26. The van der Waals surface area contributed by atoms with E-state index in [0.29, 0.717) is 17.9 Å². The topological polar surface area (TPSA) is 110 Å². The van der Waals surface area contributed by atoms with Gasteiger partial charge in [-0.3, -0.25) is 19.7 Å². The molecule has 0 radical (unpaired) electrons. The first kappa shape index (κ1) is 32.8. The second-order valence-electron chi connectivity index (χ2n) is 11.2. The highest BCUT2D eigenvalue weighted by Gasteiger charge is 2.45. The van der Waals surface area contributed by atoms with Gasteiger partial charge >= 0.3 is 0 Å². The quantitative estimate of drug-likeness (QED) is 0.0447. The molecule has 0 aliphatic carbocycles. The number of methoxy groups -OCH3 is 1. The number of aliphatic hydroxyl groups is 1. The standard InChI is InChI=1S/C34H46N2O6/c1-3-4-5-6-7-8-9-10-11-12-13-14-15-16-25-35-31(26-19-23-29(42-2)24-20-26)30(33(38)34(35)39)32(37)27-17-21-28(22-18-27)36(40)41/h17-24,31,37H,3-16,25H2,1-2H3/b32-30+/t31-/m0/s1. The zero-order valence-corrected chi connectivity index (χ0v) is 25.2. The van der Waals surface area contributed by atoms with E-state index in [4.69, 9.17) is 4.74 Å². The van der Waals surface area contributed by atoms with E-state index >= 15 is 0 Å². The Morgan fingerprint density at radius 2 is 1.31 bits per heavy atom. The van der Waals surface area contributed by atoms with Gasteiger partial charge in [0.1, 0.15) is 11.5 Å². The van der Waals surface area contributed by atoms with Crippen LogP contribution in [0.3, 0.4) is 0 Å². The maximum Gasteiger partial charge on any atom is 0.295 e. The van der Waals surface area contributed by atoms with Gasteiger partial charge in [-0.15, -0.1) is 0 Å². The molecule has 1 aliphatic rings. The Balaban J connectivity index is 1.59. The number of benzene rings is 2. The molecule has 2 aromatic carbocycles. The highest BCUT2D eigenvalue weighted by atomic mass is 16.6. The summed E-state index contributed by atoms with van der Waals surface area (Å²) in [7, 11) is 1.56. The zero-order valence-electron chi connectivity index (χ0n) is 25.2. The van der Waals surface area contributed by atoms with Crippen molar-refractivity contribution in [2.75, 3.05) is 13.7 Å². The summed E-state index contributed by atoms with van der Waals surface area (Å²) >= 11 is 0. The summed E-state index contributed by atoms with van der Waals surface area (Å²) in [5.74, 6) is -1.10. The van der Waals surface area contributed by atoms with Crippen LogP contribution >= 0.6 is 0 Å². The summed E-state index contributed by atoms with van der Waals surface area (Å²) in [4.78, 5) is 38.5. The molecule has 3 rings (SSSR count). The Morgan fingerprint density at radius 1 is 0.810 bits per heavy atom. The van der Waals surface area contributed by atoms with Crippen LogP contribution in [0.4, 0.5) is 5.69 Å². The normalized spacial score (nSPS) is 16.2. The summed E-state index contributed by atoms with van der Waals surface area (Å²) in [5, 5.41) is 22.2.